The van der Waals surface area contributed by atoms with E-state index in [-0.39, 0.29) is 0 Å². The monoisotopic (exact) mass is 220 g/mol. The van der Waals surface area contributed by atoms with E-state index in [2.05, 4.69) is 4.74 Å². The Morgan fingerprint density at radius 2 is 1.40 bits per heavy atom. The molecule has 2 heterocycles. The van der Waals surface area contributed by atoms with Gasteiger partial charge in [-0.15, -0.1) is 0 Å². The number of carboxylic acid groups (broad SMARTS) is 2. The summed E-state index contributed by atoms with van der Waals surface area (Å²) in [6, 6.07) is 0. The summed E-state index contributed by atoms with van der Waals surface area (Å²) in [4.78, 5) is 21.3. The number of halogens is 2. The van der Waals surface area contributed by atoms with Crippen LogP contribution in [0.5, 0.6) is 0 Å². The Balaban J connectivity index is 2.59. The van der Waals surface area contributed by atoms with E-state index >= 15 is 0 Å². The zero-order valence-corrected chi connectivity index (χ0v) is 7.18. The van der Waals surface area contributed by atoms with E-state index in [0.717, 1.165) is 12.2 Å². The molecule has 7 heteroatoms. The third-order valence-electron chi connectivity index (χ3n) is 2.69. The summed E-state index contributed by atoms with van der Waals surface area (Å²) in [5, 5.41) is 17.2. The molecule has 1 fully saturated rings. The molecule has 0 aromatic heterocycles. The van der Waals surface area contributed by atoms with Crippen LogP contribution in [0.4, 0.5) is 8.78 Å². The van der Waals surface area contributed by atoms with Crippen LogP contribution in [-0.4, -0.2) is 45.7 Å². The largest absolute Gasteiger partial charge is 0.479 e. The van der Waals surface area contributed by atoms with Gasteiger partial charge < -0.3 is 14.9 Å². The van der Waals surface area contributed by atoms with Gasteiger partial charge in [-0.2, -0.15) is 0 Å². The highest BCUT2D eigenvalue weighted by Crippen LogP contribution is 2.50. The summed E-state index contributed by atoms with van der Waals surface area (Å²) >= 11 is 0. The van der Waals surface area contributed by atoms with Crippen LogP contribution in [0.2, 0.25) is 0 Å². The molecule has 2 aliphatic heterocycles. The first kappa shape index (κ1) is 10.0. The van der Waals surface area contributed by atoms with Gasteiger partial charge in [0, 0.05) is 0 Å². The van der Waals surface area contributed by atoms with E-state index in [4.69, 9.17) is 10.2 Å². The van der Waals surface area contributed by atoms with Crippen molar-refractivity contribution in [2.24, 2.45) is 0 Å². The highest BCUT2D eigenvalue weighted by molar-refractivity contribution is 5.94. The van der Waals surface area contributed by atoms with Crippen LogP contribution in [0.1, 0.15) is 0 Å². The maximum Gasteiger partial charge on any atom is 0.348 e. The van der Waals surface area contributed by atoms with Crippen molar-refractivity contribution in [3.63, 3.8) is 0 Å². The smallest absolute Gasteiger partial charge is 0.348 e. The standard InChI is InChI=1S/C8H6F2O5/c9-7(5(11)12)3-1-2-4(15-3)8(7,10)6(13)14/h1-4H,(H,11,12)(H,13,14)/t3-,4+,7-,8+. The predicted octanol–water partition coefficient (Wildman–Crippen LogP) is -0.0906. The molecule has 0 aromatic rings. The lowest BCUT2D eigenvalue weighted by Gasteiger charge is -2.30. The fourth-order valence-electron chi connectivity index (χ4n) is 1.87. The Hall–Kier alpha value is -1.50. The molecule has 0 amide bonds. The SMILES string of the molecule is O=C(O)[C@@]1(F)[C@@H]2C=C[C@@H](O2)[C@@]1(F)C(=O)O. The van der Waals surface area contributed by atoms with Crippen molar-refractivity contribution in [2.45, 2.75) is 23.5 Å². The Kier molecular flexibility index (Phi) is 1.70. The highest BCUT2D eigenvalue weighted by Gasteiger charge is 2.78. The summed E-state index contributed by atoms with van der Waals surface area (Å²) in [7, 11) is 0. The minimum absolute atomic E-state index is 1.01. The Bertz CT molecular complexity index is 347. The van der Waals surface area contributed by atoms with Gasteiger partial charge in [-0.3, -0.25) is 0 Å². The van der Waals surface area contributed by atoms with Crippen molar-refractivity contribution < 1.29 is 33.3 Å². The van der Waals surface area contributed by atoms with E-state index in [0.29, 0.717) is 0 Å². The molecule has 0 unspecified atom stereocenters. The molecular formula is C8H6F2O5. The molecular weight excluding hydrogens is 214 g/mol. The zero-order valence-electron chi connectivity index (χ0n) is 7.18. The van der Waals surface area contributed by atoms with E-state index < -0.39 is 35.5 Å². The van der Waals surface area contributed by atoms with Gasteiger partial charge >= 0.3 is 11.9 Å². The van der Waals surface area contributed by atoms with Crippen molar-refractivity contribution in [3.05, 3.63) is 12.2 Å². The molecule has 0 aromatic carbocycles. The van der Waals surface area contributed by atoms with Crippen LogP contribution in [-0.2, 0) is 14.3 Å². The van der Waals surface area contributed by atoms with Crippen LogP contribution >= 0.6 is 0 Å². The van der Waals surface area contributed by atoms with Crippen LogP contribution < -0.4 is 0 Å². The second kappa shape index (κ2) is 2.54. The lowest BCUT2D eigenvalue weighted by atomic mass is 9.77. The number of hydrogen-bond donors (Lipinski definition) is 2. The van der Waals surface area contributed by atoms with Crippen molar-refractivity contribution in [3.8, 4) is 0 Å². The van der Waals surface area contributed by atoms with Crippen molar-refractivity contribution in [1.29, 1.82) is 0 Å². The number of carboxylic acids is 2. The molecule has 5 nitrogen and oxygen atoms in total. The molecule has 0 aliphatic carbocycles. The van der Waals surface area contributed by atoms with Crippen LogP contribution in [0.3, 0.4) is 0 Å². The second-order valence-corrected chi connectivity index (χ2v) is 3.40. The average molecular weight is 220 g/mol. The third-order valence-corrected chi connectivity index (χ3v) is 2.69. The molecule has 2 rings (SSSR count). The van der Waals surface area contributed by atoms with E-state index in [1.54, 1.807) is 0 Å². The minimum Gasteiger partial charge on any atom is -0.479 e. The van der Waals surface area contributed by atoms with E-state index in [1.807, 2.05) is 0 Å². The number of aliphatic carboxylic acids is 2. The molecule has 15 heavy (non-hydrogen) atoms. The fraction of sp³-hybridized carbons (Fsp3) is 0.500. The summed E-state index contributed by atoms with van der Waals surface area (Å²) < 4.78 is 32.4. The Morgan fingerprint density at radius 1 is 1.07 bits per heavy atom. The van der Waals surface area contributed by atoms with Crippen molar-refractivity contribution >= 4 is 11.9 Å². The quantitative estimate of drug-likeness (QED) is 0.635. The van der Waals surface area contributed by atoms with Gasteiger partial charge in [-0.25, -0.2) is 18.4 Å². The molecule has 0 spiro atoms. The minimum atomic E-state index is -3.57. The van der Waals surface area contributed by atoms with Gasteiger partial charge in [0.2, 0.25) is 0 Å². The van der Waals surface area contributed by atoms with Crippen LogP contribution in [0.25, 0.3) is 0 Å². The van der Waals surface area contributed by atoms with E-state index in [1.165, 1.54) is 0 Å². The fourth-order valence-corrected chi connectivity index (χ4v) is 1.87. The van der Waals surface area contributed by atoms with Gasteiger partial charge in [0.1, 0.15) is 12.2 Å². The molecule has 2 aliphatic rings. The lowest BCUT2D eigenvalue weighted by molar-refractivity contribution is -0.177. The van der Waals surface area contributed by atoms with Crippen LogP contribution in [0.15, 0.2) is 12.2 Å². The molecule has 0 saturated carbocycles. The average Bonchev–Trinajstić information content (AvgIpc) is 2.69. The molecule has 82 valence electrons. The van der Waals surface area contributed by atoms with Crippen LogP contribution in [0, 0.1) is 0 Å². The zero-order chi connectivity index (χ0) is 11.4. The Morgan fingerprint density at radius 3 is 1.67 bits per heavy atom. The topological polar surface area (TPSA) is 83.8 Å². The van der Waals surface area contributed by atoms with Gasteiger partial charge in [0.25, 0.3) is 11.3 Å². The van der Waals surface area contributed by atoms with Gasteiger partial charge in [-0.05, 0) is 0 Å². The Labute approximate surface area is 81.9 Å². The molecule has 1 saturated heterocycles. The number of rotatable bonds is 2. The van der Waals surface area contributed by atoms with Gasteiger partial charge in [0.15, 0.2) is 0 Å². The van der Waals surface area contributed by atoms with E-state index in [9.17, 15) is 18.4 Å². The maximum absolute atomic E-state index is 13.9. The van der Waals surface area contributed by atoms with Crippen molar-refractivity contribution in [1.82, 2.24) is 0 Å². The number of carbonyl (C=O) groups is 2. The first-order chi connectivity index (χ1) is 6.85. The number of fused-ring (bicyclic) bond motifs is 2. The highest BCUT2D eigenvalue weighted by atomic mass is 19.2. The molecule has 2 N–H and O–H groups in total. The summed E-state index contributed by atoms with van der Waals surface area (Å²) in [6.45, 7) is 0. The normalized spacial score (nSPS) is 47.1. The molecule has 0 radical (unpaired) electrons. The number of alkyl halides is 2. The summed E-state index contributed by atoms with van der Waals surface area (Å²) in [5.41, 5.74) is -7.14. The summed E-state index contributed by atoms with van der Waals surface area (Å²) in [6.07, 6.45) is -1.36. The molecule has 4 atom stereocenters. The molecule has 2 bridgehead atoms. The van der Waals surface area contributed by atoms with Gasteiger partial charge in [-0.1, -0.05) is 12.2 Å². The lowest BCUT2D eigenvalue weighted by Crippen LogP contribution is -2.63. The van der Waals surface area contributed by atoms with Gasteiger partial charge in [0.05, 0.1) is 0 Å². The first-order valence-corrected chi connectivity index (χ1v) is 4.03. The number of hydrogen-bond acceptors (Lipinski definition) is 3. The predicted molar refractivity (Wildman–Crippen MR) is 40.8 cm³/mol. The first-order valence-electron chi connectivity index (χ1n) is 4.03. The second-order valence-electron chi connectivity index (χ2n) is 3.40. The van der Waals surface area contributed by atoms with Crippen molar-refractivity contribution in [2.75, 3.05) is 0 Å². The number of ether oxygens (including phenoxy) is 1. The summed E-state index contributed by atoms with van der Waals surface area (Å²) in [5.74, 6) is -4.35. The maximum atomic E-state index is 13.9. The third kappa shape index (κ3) is 0.840.